The van der Waals surface area contributed by atoms with E-state index in [1.54, 1.807) is 11.8 Å². The summed E-state index contributed by atoms with van der Waals surface area (Å²) < 4.78 is 4.62. The average molecular weight is 490 g/mol. The molecular formula is C21H39N5O6S. The van der Waals surface area contributed by atoms with Gasteiger partial charge in [-0.1, -0.05) is 0 Å². The topological polar surface area (TPSA) is 146 Å². The molecule has 0 saturated heterocycles. The molecule has 0 aromatic rings. The second-order valence-corrected chi connectivity index (χ2v) is 8.57. The molecule has 0 saturated carbocycles. The molecular weight excluding hydrogens is 450 g/mol. The monoisotopic (exact) mass is 489 g/mol. The second kappa shape index (κ2) is 20.4. The molecule has 11 nitrogen and oxygen atoms in total. The van der Waals surface area contributed by atoms with Crippen molar-refractivity contribution in [3.8, 4) is 0 Å². The highest BCUT2D eigenvalue weighted by Gasteiger charge is 2.11. The molecule has 0 spiro atoms. The van der Waals surface area contributed by atoms with Gasteiger partial charge in [-0.05, 0) is 6.92 Å². The highest BCUT2D eigenvalue weighted by atomic mass is 32.2. The van der Waals surface area contributed by atoms with Gasteiger partial charge in [-0.2, -0.15) is 11.8 Å². The van der Waals surface area contributed by atoms with Crippen molar-refractivity contribution in [1.82, 2.24) is 26.2 Å². The molecule has 0 bridgehead atoms. The number of carbonyl (C=O) groups is 5. The van der Waals surface area contributed by atoms with Crippen LogP contribution in [-0.2, 0) is 28.7 Å². The fourth-order valence-corrected chi connectivity index (χ4v) is 3.48. The third kappa shape index (κ3) is 21.4. The summed E-state index contributed by atoms with van der Waals surface area (Å²) in [5.41, 5.74) is 0. The number of hydrogen-bond donors (Lipinski definition) is 4. The van der Waals surface area contributed by atoms with Crippen molar-refractivity contribution >= 4 is 41.2 Å². The minimum absolute atomic E-state index is 0.0422. The first-order valence-electron chi connectivity index (χ1n) is 11.1. The Morgan fingerprint density at radius 1 is 0.758 bits per heavy atom. The third-order valence-corrected chi connectivity index (χ3v) is 5.32. The van der Waals surface area contributed by atoms with Gasteiger partial charge in [0, 0.05) is 77.1 Å². The summed E-state index contributed by atoms with van der Waals surface area (Å²) in [6.45, 7) is 6.57. The largest absolute Gasteiger partial charge is 0.469 e. The molecule has 0 aromatic heterocycles. The highest BCUT2D eigenvalue weighted by Crippen LogP contribution is 2.05. The molecule has 4 N–H and O–H groups in total. The number of methoxy groups -OCH3 is 1. The van der Waals surface area contributed by atoms with Gasteiger partial charge in [0.05, 0.1) is 20.1 Å². The minimum atomic E-state index is -0.246. The zero-order valence-electron chi connectivity index (χ0n) is 20.0. The molecule has 0 fully saturated rings. The maximum atomic E-state index is 12.1. The lowest BCUT2D eigenvalue weighted by molar-refractivity contribution is -0.140. The molecule has 190 valence electrons. The summed E-state index contributed by atoms with van der Waals surface area (Å²) in [7, 11) is 1.36. The van der Waals surface area contributed by atoms with E-state index in [4.69, 9.17) is 0 Å². The van der Waals surface area contributed by atoms with Crippen molar-refractivity contribution < 1.29 is 28.7 Å². The lowest BCUT2D eigenvalue weighted by Crippen LogP contribution is -2.38. The van der Waals surface area contributed by atoms with E-state index < -0.39 is 0 Å². The van der Waals surface area contributed by atoms with Gasteiger partial charge >= 0.3 is 5.97 Å². The van der Waals surface area contributed by atoms with Gasteiger partial charge in [0.2, 0.25) is 17.7 Å². The number of Topliss-reactive ketones (excluding diaryl/α,β-unsaturated/α-hetero) is 1. The van der Waals surface area contributed by atoms with Gasteiger partial charge < -0.3 is 30.9 Å². The Kier molecular flexibility index (Phi) is 19.1. The first kappa shape index (κ1) is 30.8. The van der Waals surface area contributed by atoms with E-state index in [0.29, 0.717) is 64.4 Å². The molecule has 0 aliphatic rings. The zero-order valence-corrected chi connectivity index (χ0v) is 20.8. The highest BCUT2D eigenvalue weighted by molar-refractivity contribution is 7.99. The number of nitrogens with one attached hydrogen (secondary N) is 4. The summed E-state index contributed by atoms with van der Waals surface area (Å²) in [5.74, 6) is 0.848. The number of ether oxygens (including phenoxy) is 1. The van der Waals surface area contributed by atoms with Crippen LogP contribution in [-0.4, -0.2) is 105 Å². The van der Waals surface area contributed by atoms with Crippen LogP contribution in [0.15, 0.2) is 0 Å². The molecule has 12 heteroatoms. The normalized spacial score (nSPS) is 10.5. The van der Waals surface area contributed by atoms with Crippen LogP contribution in [0.5, 0.6) is 0 Å². The first-order valence-corrected chi connectivity index (χ1v) is 12.2. The van der Waals surface area contributed by atoms with Crippen LogP contribution in [0.3, 0.4) is 0 Å². The van der Waals surface area contributed by atoms with Crippen molar-refractivity contribution in [2.45, 2.75) is 33.1 Å². The minimum Gasteiger partial charge on any atom is -0.469 e. The third-order valence-electron chi connectivity index (χ3n) is 4.36. The number of rotatable bonds is 20. The number of nitrogens with zero attached hydrogens (tertiary/aromatic N) is 1. The van der Waals surface area contributed by atoms with Crippen molar-refractivity contribution in [3.05, 3.63) is 0 Å². The van der Waals surface area contributed by atoms with E-state index in [9.17, 15) is 24.0 Å². The Hall–Kier alpha value is -2.18. The SMILES string of the molecule is COC(=O)CCSCCN(CCC(=O)NCCNCC(C)=O)CCC(=O)NCCNC(C)=O. The van der Waals surface area contributed by atoms with Gasteiger partial charge in [-0.25, -0.2) is 0 Å². The van der Waals surface area contributed by atoms with Crippen LogP contribution in [0.2, 0.25) is 0 Å². The molecule has 0 radical (unpaired) electrons. The Bertz CT molecular complexity index is 620. The second-order valence-electron chi connectivity index (χ2n) is 7.34. The summed E-state index contributed by atoms with van der Waals surface area (Å²) >= 11 is 1.62. The average Bonchev–Trinajstić information content (AvgIpc) is 2.76. The Morgan fingerprint density at radius 2 is 1.33 bits per heavy atom. The van der Waals surface area contributed by atoms with Gasteiger partial charge in [-0.3, -0.25) is 24.0 Å². The Balaban J connectivity index is 4.31. The van der Waals surface area contributed by atoms with E-state index >= 15 is 0 Å². The molecule has 0 aromatic carbocycles. The summed E-state index contributed by atoms with van der Waals surface area (Å²) in [6, 6.07) is 0. The van der Waals surface area contributed by atoms with E-state index in [1.165, 1.54) is 21.0 Å². The fraction of sp³-hybridized carbons (Fsp3) is 0.762. The first-order chi connectivity index (χ1) is 15.7. The predicted molar refractivity (Wildman–Crippen MR) is 128 cm³/mol. The lowest BCUT2D eigenvalue weighted by Gasteiger charge is -2.22. The van der Waals surface area contributed by atoms with Crippen molar-refractivity contribution in [2.75, 3.05) is 71.0 Å². The predicted octanol–water partition coefficient (Wildman–Crippen LogP) is -1.09. The van der Waals surface area contributed by atoms with Crippen molar-refractivity contribution in [2.24, 2.45) is 0 Å². The lowest BCUT2D eigenvalue weighted by atomic mass is 10.3. The van der Waals surface area contributed by atoms with E-state index in [0.717, 1.165) is 5.75 Å². The summed E-state index contributed by atoms with van der Waals surface area (Å²) in [5, 5.41) is 11.1. The van der Waals surface area contributed by atoms with Crippen molar-refractivity contribution in [3.63, 3.8) is 0 Å². The molecule has 0 unspecified atom stereocenters. The molecule has 3 amide bonds. The molecule has 0 heterocycles. The maximum Gasteiger partial charge on any atom is 0.306 e. The summed E-state index contributed by atoms with van der Waals surface area (Å²) in [4.78, 5) is 59.1. The van der Waals surface area contributed by atoms with Crippen LogP contribution in [0, 0.1) is 0 Å². The van der Waals surface area contributed by atoms with Crippen LogP contribution < -0.4 is 21.3 Å². The smallest absolute Gasteiger partial charge is 0.306 e. The molecule has 33 heavy (non-hydrogen) atoms. The number of thioether (sulfide) groups is 1. The van der Waals surface area contributed by atoms with Gasteiger partial charge in [0.1, 0.15) is 5.78 Å². The number of amides is 3. The fourth-order valence-electron chi connectivity index (χ4n) is 2.58. The van der Waals surface area contributed by atoms with Crippen LogP contribution >= 0.6 is 11.8 Å². The van der Waals surface area contributed by atoms with E-state index in [-0.39, 0.29) is 42.4 Å². The van der Waals surface area contributed by atoms with Gasteiger partial charge in [0.15, 0.2) is 0 Å². The molecule has 0 aliphatic carbocycles. The number of ketones is 1. The Morgan fingerprint density at radius 3 is 1.88 bits per heavy atom. The number of hydrogen-bond acceptors (Lipinski definition) is 9. The van der Waals surface area contributed by atoms with Crippen LogP contribution in [0.1, 0.15) is 33.1 Å². The van der Waals surface area contributed by atoms with Crippen LogP contribution in [0.4, 0.5) is 0 Å². The molecule has 0 atom stereocenters. The standard InChI is InChI=1S/C21H39N5O6S/c1-17(27)16-22-7-8-24-19(29)4-11-26(13-15-33-14-6-21(31)32-3)12-5-20(30)25-10-9-23-18(2)28/h22H,4-16H2,1-3H3,(H,23,28)(H,24,29)(H,25,30). The van der Waals surface area contributed by atoms with Gasteiger partial charge in [-0.15, -0.1) is 0 Å². The van der Waals surface area contributed by atoms with Crippen LogP contribution in [0.25, 0.3) is 0 Å². The molecule has 0 rings (SSSR count). The zero-order chi connectivity index (χ0) is 24.9. The summed E-state index contributed by atoms with van der Waals surface area (Å²) in [6.07, 6.45) is 0.922. The number of esters is 1. The maximum absolute atomic E-state index is 12.1. The Labute approximate surface area is 200 Å². The van der Waals surface area contributed by atoms with E-state index in [2.05, 4.69) is 26.0 Å². The van der Waals surface area contributed by atoms with E-state index in [1.807, 2.05) is 4.90 Å². The molecule has 0 aliphatic heterocycles. The van der Waals surface area contributed by atoms with Gasteiger partial charge in [0.25, 0.3) is 0 Å². The quantitative estimate of drug-likeness (QED) is 0.124. The van der Waals surface area contributed by atoms with Crippen molar-refractivity contribution in [1.29, 1.82) is 0 Å². The number of carbonyl (C=O) groups excluding carboxylic acids is 5.